The quantitative estimate of drug-likeness (QED) is 0.783. The Hall–Kier alpha value is -2.33. The molecule has 0 aliphatic heterocycles. The third-order valence-corrected chi connectivity index (χ3v) is 3.86. The smallest absolute Gasteiger partial charge is 0.240 e. The molecule has 0 atom stereocenters. The average Bonchev–Trinajstić information content (AvgIpc) is 2.54. The number of amides is 1. The van der Waals surface area contributed by atoms with E-state index < -0.39 is 0 Å². The molecule has 4 heteroatoms. The Labute approximate surface area is 144 Å². The maximum Gasteiger partial charge on any atom is 0.240 e. The van der Waals surface area contributed by atoms with Crippen LogP contribution in [-0.2, 0) is 4.79 Å². The van der Waals surface area contributed by atoms with E-state index >= 15 is 0 Å². The predicted octanol–water partition coefficient (Wildman–Crippen LogP) is 3.28. The zero-order chi connectivity index (χ0) is 17.5. The van der Waals surface area contributed by atoms with Crippen molar-refractivity contribution in [2.45, 2.75) is 13.8 Å². The van der Waals surface area contributed by atoms with Crippen molar-refractivity contribution >= 4 is 11.6 Å². The van der Waals surface area contributed by atoms with Crippen molar-refractivity contribution in [1.29, 1.82) is 0 Å². The van der Waals surface area contributed by atoms with Gasteiger partial charge in [0.25, 0.3) is 0 Å². The molecule has 4 nitrogen and oxygen atoms in total. The van der Waals surface area contributed by atoms with E-state index in [9.17, 15) is 4.79 Å². The maximum atomic E-state index is 12.3. The van der Waals surface area contributed by atoms with E-state index in [1.165, 1.54) is 11.1 Å². The van der Waals surface area contributed by atoms with Gasteiger partial charge in [0.2, 0.25) is 5.91 Å². The molecule has 0 unspecified atom stereocenters. The second-order valence-electron chi connectivity index (χ2n) is 6.20. The SMILES string of the molecule is Cc1cc(C)cc(OCCN(C)CC(=O)N(C)c2ccccc2)c1. The molecule has 0 spiro atoms. The molecule has 2 rings (SSSR count). The van der Waals surface area contributed by atoms with Crippen LogP contribution in [-0.4, -0.2) is 44.6 Å². The Morgan fingerprint density at radius 2 is 1.62 bits per heavy atom. The van der Waals surface area contributed by atoms with Crippen molar-refractivity contribution in [3.8, 4) is 5.75 Å². The lowest BCUT2D eigenvalue weighted by Gasteiger charge is -2.22. The van der Waals surface area contributed by atoms with Gasteiger partial charge in [-0.25, -0.2) is 0 Å². The lowest BCUT2D eigenvalue weighted by atomic mass is 10.1. The van der Waals surface area contributed by atoms with Crippen LogP contribution in [0.1, 0.15) is 11.1 Å². The summed E-state index contributed by atoms with van der Waals surface area (Å²) in [6, 6.07) is 15.8. The van der Waals surface area contributed by atoms with Gasteiger partial charge in [-0.15, -0.1) is 0 Å². The van der Waals surface area contributed by atoms with Gasteiger partial charge < -0.3 is 9.64 Å². The Balaban J connectivity index is 1.78. The van der Waals surface area contributed by atoms with Gasteiger partial charge in [0, 0.05) is 19.3 Å². The standard InChI is InChI=1S/C20H26N2O2/c1-16-12-17(2)14-19(13-16)24-11-10-21(3)15-20(23)22(4)18-8-6-5-7-9-18/h5-9,12-14H,10-11,15H2,1-4H3. The molecule has 0 N–H and O–H groups in total. The number of carbonyl (C=O) groups is 1. The van der Waals surface area contributed by atoms with E-state index in [1.54, 1.807) is 11.9 Å². The van der Waals surface area contributed by atoms with E-state index in [-0.39, 0.29) is 5.91 Å². The van der Waals surface area contributed by atoms with Crippen LogP contribution in [0.25, 0.3) is 0 Å². The van der Waals surface area contributed by atoms with Crippen LogP contribution in [0.5, 0.6) is 5.75 Å². The van der Waals surface area contributed by atoms with E-state index in [2.05, 4.69) is 19.9 Å². The Bertz CT molecular complexity index is 650. The summed E-state index contributed by atoms with van der Waals surface area (Å²) in [5.41, 5.74) is 3.29. The summed E-state index contributed by atoms with van der Waals surface area (Å²) < 4.78 is 5.80. The summed E-state index contributed by atoms with van der Waals surface area (Å²) in [4.78, 5) is 16.0. The molecule has 0 aliphatic carbocycles. The zero-order valence-corrected chi connectivity index (χ0v) is 15.0. The molecular weight excluding hydrogens is 300 g/mol. The van der Waals surface area contributed by atoms with Gasteiger partial charge in [0.05, 0.1) is 6.54 Å². The summed E-state index contributed by atoms with van der Waals surface area (Å²) >= 11 is 0. The van der Waals surface area contributed by atoms with Gasteiger partial charge in [-0.3, -0.25) is 9.69 Å². The molecule has 0 radical (unpaired) electrons. The molecule has 2 aromatic carbocycles. The summed E-state index contributed by atoms with van der Waals surface area (Å²) in [5, 5.41) is 0. The topological polar surface area (TPSA) is 32.8 Å². The fourth-order valence-electron chi connectivity index (χ4n) is 2.55. The summed E-state index contributed by atoms with van der Waals surface area (Å²) in [6.07, 6.45) is 0. The Morgan fingerprint density at radius 3 is 2.25 bits per heavy atom. The second kappa shape index (κ2) is 8.50. The molecule has 0 bridgehead atoms. The van der Waals surface area contributed by atoms with Crippen molar-refractivity contribution in [3.05, 3.63) is 59.7 Å². The number of hydrogen-bond acceptors (Lipinski definition) is 3. The first-order valence-electron chi connectivity index (χ1n) is 8.17. The minimum absolute atomic E-state index is 0.0649. The number of anilines is 1. The predicted molar refractivity (Wildman–Crippen MR) is 98.8 cm³/mol. The van der Waals surface area contributed by atoms with Crippen LogP contribution >= 0.6 is 0 Å². The van der Waals surface area contributed by atoms with Crippen LogP contribution in [0, 0.1) is 13.8 Å². The molecule has 24 heavy (non-hydrogen) atoms. The van der Waals surface area contributed by atoms with Crippen LogP contribution < -0.4 is 9.64 Å². The molecule has 128 valence electrons. The highest BCUT2D eigenvalue weighted by atomic mass is 16.5. The van der Waals surface area contributed by atoms with Gasteiger partial charge in [-0.05, 0) is 56.3 Å². The molecular formula is C20H26N2O2. The number of rotatable bonds is 7. The van der Waals surface area contributed by atoms with Gasteiger partial charge in [0.1, 0.15) is 12.4 Å². The van der Waals surface area contributed by atoms with Crippen LogP contribution in [0.2, 0.25) is 0 Å². The number of ether oxygens (including phenoxy) is 1. The number of hydrogen-bond donors (Lipinski definition) is 0. The molecule has 0 saturated heterocycles. The van der Waals surface area contributed by atoms with Gasteiger partial charge >= 0.3 is 0 Å². The average molecular weight is 326 g/mol. The first-order valence-corrected chi connectivity index (χ1v) is 8.17. The molecule has 0 aliphatic rings. The van der Waals surface area contributed by atoms with Crippen molar-refractivity contribution in [2.75, 3.05) is 38.7 Å². The van der Waals surface area contributed by atoms with Gasteiger partial charge in [-0.1, -0.05) is 24.3 Å². The Kier molecular flexibility index (Phi) is 6.38. The highest BCUT2D eigenvalue weighted by Crippen LogP contribution is 2.16. The molecule has 2 aromatic rings. The van der Waals surface area contributed by atoms with E-state index in [1.807, 2.05) is 54.4 Å². The number of carbonyl (C=O) groups excluding carboxylic acids is 1. The van der Waals surface area contributed by atoms with Crippen molar-refractivity contribution < 1.29 is 9.53 Å². The van der Waals surface area contributed by atoms with Gasteiger partial charge in [0.15, 0.2) is 0 Å². The third kappa shape index (κ3) is 5.39. The fraction of sp³-hybridized carbons (Fsp3) is 0.350. The van der Waals surface area contributed by atoms with Crippen LogP contribution in [0.15, 0.2) is 48.5 Å². The minimum atomic E-state index is 0.0649. The third-order valence-electron chi connectivity index (χ3n) is 3.86. The van der Waals surface area contributed by atoms with E-state index in [4.69, 9.17) is 4.74 Å². The number of para-hydroxylation sites is 1. The number of nitrogens with zero attached hydrogens (tertiary/aromatic N) is 2. The Morgan fingerprint density at radius 1 is 1.00 bits per heavy atom. The van der Waals surface area contributed by atoms with Crippen LogP contribution in [0.4, 0.5) is 5.69 Å². The number of benzene rings is 2. The second-order valence-corrected chi connectivity index (χ2v) is 6.20. The first kappa shape index (κ1) is 18.0. The summed E-state index contributed by atoms with van der Waals surface area (Å²) in [7, 11) is 3.74. The molecule has 0 aromatic heterocycles. The number of aryl methyl sites for hydroxylation is 2. The van der Waals surface area contributed by atoms with Crippen LogP contribution in [0.3, 0.4) is 0 Å². The normalized spacial score (nSPS) is 10.7. The van der Waals surface area contributed by atoms with E-state index in [0.717, 1.165) is 11.4 Å². The molecule has 0 saturated carbocycles. The van der Waals surface area contributed by atoms with E-state index in [0.29, 0.717) is 19.7 Å². The molecule has 0 fully saturated rings. The zero-order valence-electron chi connectivity index (χ0n) is 15.0. The monoisotopic (exact) mass is 326 g/mol. The van der Waals surface area contributed by atoms with Crippen molar-refractivity contribution in [1.82, 2.24) is 4.90 Å². The van der Waals surface area contributed by atoms with Crippen molar-refractivity contribution in [2.24, 2.45) is 0 Å². The number of likely N-dealkylation sites (N-methyl/N-ethyl adjacent to an activating group) is 2. The largest absolute Gasteiger partial charge is 0.492 e. The minimum Gasteiger partial charge on any atom is -0.492 e. The van der Waals surface area contributed by atoms with Crippen molar-refractivity contribution in [3.63, 3.8) is 0 Å². The summed E-state index contributed by atoms with van der Waals surface area (Å²) in [6.45, 7) is 5.73. The summed E-state index contributed by atoms with van der Waals surface area (Å²) in [5.74, 6) is 0.948. The lowest BCUT2D eigenvalue weighted by Crippen LogP contribution is -2.38. The lowest BCUT2D eigenvalue weighted by molar-refractivity contribution is -0.119. The van der Waals surface area contributed by atoms with Gasteiger partial charge in [-0.2, -0.15) is 0 Å². The molecule has 1 amide bonds. The molecule has 0 heterocycles. The maximum absolute atomic E-state index is 12.3. The highest BCUT2D eigenvalue weighted by molar-refractivity contribution is 5.94. The first-order chi connectivity index (χ1) is 11.5. The highest BCUT2D eigenvalue weighted by Gasteiger charge is 2.13. The fourth-order valence-corrected chi connectivity index (χ4v) is 2.55.